The van der Waals surface area contributed by atoms with Gasteiger partial charge in [-0.1, -0.05) is 44.0 Å². The van der Waals surface area contributed by atoms with Crippen LogP contribution >= 0.6 is 0 Å². The standard InChI is InChI=1S/C32H34N2O6S/c1-5-6-17-40-26-11-14-28(15-12-26)41(37,38)33-30(32(35)36)18-25-21-34(31-16-13-27(39-4)19-29(25)31)20-23-7-9-24(10-8-23)22(2)3/h7-16,19,21-22,30,33H,17-18,20H2,1-4H3,(H,35,36). The van der Waals surface area contributed by atoms with E-state index in [0.29, 0.717) is 29.5 Å². The highest BCUT2D eigenvalue weighted by Gasteiger charge is 2.27. The van der Waals surface area contributed by atoms with Gasteiger partial charge in [0.1, 0.15) is 24.1 Å². The van der Waals surface area contributed by atoms with Crippen molar-refractivity contribution in [2.45, 2.75) is 50.6 Å². The summed E-state index contributed by atoms with van der Waals surface area (Å²) in [6.45, 7) is 6.75. The Morgan fingerprint density at radius 2 is 1.71 bits per heavy atom. The molecule has 4 aromatic rings. The van der Waals surface area contributed by atoms with Gasteiger partial charge in [-0.05, 0) is 72.0 Å². The van der Waals surface area contributed by atoms with E-state index in [1.807, 2.05) is 29.0 Å². The number of carbonyl (C=O) groups is 1. The molecule has 0 aliphatic carbocycles. The number of fused-ring (bicyclic) bond motifs is 1. The highest BCUT2D eigenvalue weighted by atomic mass is 32.2. The van der Waals surface area contributed by atoms with Gasteiger partial charge in [-0.3, -0.25) is 4.79 Å². The van der Waals surface area contributed by atoms with Crippen molar-refractivity contribution in [3.63, 3.8) is 0 Å². The van der Waals surface area contributed by atoms with Crippen LogP contribution in [0.5, 0.6) is 11.5 Å². The van der Waals surface area contributed by atoms with Crippen molar-refractivity contribution in [2.24, 2.45) is 0 Å². The van der Waals surface area contributed by atoms with Crippen LogP contribution in [0.3, 0.4) is 0 Å². The Labute approximate surface area is 241 Å². The van der Waals surface area contributed by atoms with Gasteiger partial charge in [0.25, 0.3) is 0 Å². The molecule has 8 nitrogen and oxygen atoms in total. The molecule has 0 fully saturated rings. The fraction of sp³-hybridized carbons (Fsp3) is 0.281. The Morgan fingerprint density at radius 1 is 1.02 bits per heavy atom. The predicted molar refractivity (Wildman–Crippen MR) is 159 cm³/mol. The summed E-state index contributed by atoms with van der Waals surface area (Å²) in [4.78, 5) is 12.2. The van der Waals surface area contributed by atoms with Gasteiger partial charge in [-0.15, -0.1) is 5.92 Å². The van der Waals surface area contributed by atoms with Crippen LogP contribution in [0.15, 0.2) is 77.8 Å². The van der Waals surface area contributed by atoms with Gasteiger partial charge in [-0.25, -0.2) is 8.42 Å². The monoisotopic (exact) mass is 574 g/mol. The molecular weight excluding hydrogens is 540 g/mol. The number of ether oxygens (including phenoxy) is 2. The number of carboxylic acid groups (broad SMARTS) is 1. The van der Waals surface area contributed by atoms with Crippen molar-refractivity contribution >= 4 is 26.9 Å². The van der Waals surface area contributed by atoms with Crippen molar-refractivity contribution in [1.82, 2.24) is 9.29 Å². The first kappa shape index (κ1) is 29.7. The zero-order valence-corrected chi connectivity index (χ0v) is 24.4. The molecule has 0 aliphatic rings. The number of benzene rings is 3. The molecule has 1 heterocycles. The van der Waals surface area contributed by atoms with Gasteiger partial charge in [0.15, 0.2) is 0 Å². The van der Waals surface area contributed by atoms with E-state index < -0.39 is 22.0 Å². The number of rotatable bonds is 12. The highest BCUT2D eigenvalue weighted by Crippen LogP contribution is 2.28. The number of hydrogen-bond donors (Lipinski definition) is 2. The Hall–Kier alpha value is -4.26. The number of hydrogen-bond acceptors (Lipinski definition) is 5. The second kappa shape index (κ2) is 12.9. The summed E-state index contributed by atoms with van der Waals surface area (Å²) in [6.07, 6.45) is 1.82. The van der Waals surface area contributed by atoms with Crippen LogP contribution in [-0.2, 0) is 27.8 Å². The third kappa shape index (κ3) is 7.28. The number of aliphatic carboxylic acids is 1. The lowest BCUT2D eigenvalue weighted by atomic mass is 10.0. The minimum absolute atomic E-state index is 0.0611. The summed E-state index contributed by atoms with van der Waals surface area (Å²) in [5.74, 6) is 5.72. The van der Waals surface area contributed by atoms with E-state index in [1.54, 1.807) is 14.0 Å². The average Bonchev–Trinajstić information content (AvgIpc) is 3.29. The smallest absolute Gasteiger partial charge is 0.322 e. The van der Waals surface area contributed by atoms with E-state index in [0.717, 1.165) is 16.5 Å². The summed E-state index contributed by atoms with van der Waals surface area (Å²) in [6, 6.07) is 18.4. The molecule has 4 rings (SSSR count). The quantitative estimate of drug-likeness (QED) is 0.225. The minimum atomic E-state index is -4.13. The summed E-state index contributed by atoms with van der Waals surface area (Å²) in [5, 5.41) is 10.8. The van der Waals surface area contributed by atoms with Gasteiger partial charge >= 0.3 is 5.97 Å². The first-order valence-corrected chi connectivity index (χ1v) is 14.7. The van der Waals surface area contributed by atoms with E-state index in [4.69, 9.17) is 9.47 Å². The molecule has 0 radical (unpaired) electrons. The Kier molecular flexibility index (Phi) is 9.38. The zero-order chi connectivity index (χ0) is 29.6. The second-order valence-corrected chi connectivity index (χ2v) is 11.7. The molecule has 41 heavy (non-hydrogen) atoms. The average molecular weight is 575 g/mol. The second-order valence-electron chi connectivity index (χ2n) is 9.96. The van der Waals surface area contributed by atoms with E-state index in [-0.39, 0.29) is 17.9 Å². The van der Waals surface area contributed by atoms with Crippen molar-refractivity contribution in [3.8, 4) is 23.3 Å². The molecule has 0 spiro atoms. The van der Waals surface area contributed by atoms with Crippen molar-refractivity contribution in [1.29, 1.82) is 0 Å². The predicted octanol–water partition coefficient (Wildman–Crippen LogP) is 5.20. The molecule has 9 heteroatoms. The highest BCUT2D eigenvalue weighted by molar-refractivity contribution is 7.89. The molecule has 0 aliphatic heterocycles. The summed E-state index contributed by atoms with van der Waals surface area (Å²) in [5.41, 5.74) is 3.93. The fourth-order valence-corrected chi connectivity index (χ4v) is 5.73. The van der Waals surface area contributed by atoms with Crippen LogP contribution in [0.1, 0.15) is 43.4 Å². The maximum atomic E-state index is 13.1. The normalized spacial score (nSPS) is 12.1. The van der Waals surface area contributed by atoms with Crippen LogP contribution in [0, 0.1) is 11.8 Å². The molecular formula is C32H34N2O6S. The maximum Gasteiger partial charge on any atom is 0.322 e. The van der Waals surface area contributed by atoms with Gasteiger partial charge < -0.3 is 19.1 Å². The Bertz CT molecular complexity index is 1680. The van der Waals surface area contributed by atoms with Gasteiger partial charge in [-0.2, -0.15) is 4.72 Å². The molecule has 1 unspecified atom stereocenters. The first-order chi connectivity index (χ1) is 19.6. The molecule has 3 aromatic carbocycles. The minimum Gasteiger partial charge on any atom is -0.497 e. The molecule has 1 atom stereocenters. The van der Waals surface area contributed by atoms with Crippen LogP contribution in [-0.4, -0.2) is 43.8 Å². The van der Waals surface area contributed by atoms with Crippen LogP contribution < -0.4 is 14.2 Å². The summed E-state index contributed by atoms with van der Waals surface area (Å²) < 4.78 is 41.5. The number of aromatic nitrogens is 1. The number of methoxy groups -OCH3 is 1. The van der Waals surface area contributed by atoms with Gasteiger partial charge in [0, 0.05) is 30.1 Å². The van der Waals surface area contributed by atoms with Crippen LogP contribution in [0.4, 0.5) is 0 Å². The number of nitrogens with one attached hydrogen (secondary N) is 1. The van der Waals surface area contributed by atoms with Gasteiger partial charge in [0.05, 0.1) is 12.0 Å². The van der Waals surface area contributed by atoms with E-state index in [2.05, 4.69) is 54.7 Å². The van der Waals surface area contributed by atoms with Crippen molar-refractivity contribution in [2.75, 3.05) is 13.7 Å². The first-order valence-electron chi connectivity index (χ1n) is 13.2. The van der Waals surface area contributed by atoms with E-state index in [9.17, 15) is 18.3 Å². The van der Waals surface area contributed by atoms with Crippen molar-refractivity contribution < 1.29 is 27.8 Å². The lowest BCUT2D eigenvalue weighted by Gasteiger charge is -2.15. The van der Waals surface area contributed by atoms with Crippen molar-refractivity contribution in [3.05, 3.63) is 89.6 Å². The molecule has 0 amide bonds. The van der Waals surface area contributed by atoms with Gasteiger partial charge in [0.2, 0.25) is 10.0 Å². The SMILES string of the molecule is CC#CCOc1ccc(S(=O)(=O)NC(Cc2cn(Cc3ccc(C(C)C)cc3)c3ccc(OC)cc23)C(=O)O)cc1. The maximum absolute atomic E-state index is 13.1. The largest absolute Gasteiger partial charge is 0.497 e. The molecule has 0 bridgehead atoms. The van der Waals surface area contributed by atoms with Crippen LogP contribution in [0.2, 0.25) is 0 Å². The Morgan fingerprint density at radius 3 is 2.32 bits per heavy atom. The van der Waals surface area contributed by atoms with E-state index in [1.165, 1.54) is 29.8 Å². The molecule has 1 aromatic heterocycles. The molecule has 0 saturated heterocycles. The third-order valence-corrected chi connectivity index (χ3v) is 8.30. The third-order valence-electron chi connectivity index (χ3n) is 6.81. The fourth-order valence-electron chi connectivity index (χ4n) is 4.54. The Balaban J connectivity index is 1.61. The lowest BCUT2D eigenvalue weighted by molar-refractivity contribution is -0.138. The molecule has 2 N–H and O–H groups in total. The number of sulfonamides is 1. The number of carboxylic acids is 1. The lowest BCUT2D eigenvalue weighted by Crippen LogP contribution is -2.42. The summed E-state index contributed by atoms with van der Waals surface area (Å²) >= 11 is 0. The topological polar surface area (TPSA) is 107 Å². The molecule has 0 saturated carbocycles. The number of nitrogens with zero attached hydrogens (tertiary/aromatic N) is 1. The zero-order valence-electron chi connectivity index (χ0n) is 23.5. The van der Waals surface area contributed by atoms with E-state index >= 15 is 0 Å². The van der Waals surface area contributed by atoms with Crippen LogP contribution in [0.25, 0.3) is 10.9 Å². The molecule has 214 valence electrons. The summed E-state index contributed by atoms with van der Waals surface area (Å²) in [7, 11) is -2.57.